The van der Waals surface area contributed by atoms with Crippen molar-refractivity contribution in [3.8, 4) is 0 Å². The largest absolute Gasteiger partial charge is 0.461 e. The van der Waals surface area contributed by atoms with Gasteiger partial charge in [-0.3, -0.25) is 9.59 Å². The SMILES string of the molecule is C=C1C(=O)O[C@@H]2[C@@H]1[C@@H](OC(C)=O)CC(C)=C[C@@H](OC(C)=O)CC(C)=CCC[C@@]1(C)O[C@H]21. The third-order valence-electron chi connectivity index (χ3n) is 6.19. The highest BCUT2D eigenvalue weighted by molar-refractivity contribution is 5.91. The first-order chi connectivity index (χ1) is 14.5. The van der Waals surface area contributed by atoms with E-state index in [-0.39, 0.29) is 12.1 Å². The predicted molar refractivity (Wildman–Crippen MR) is 113 cm³/mol. The first kappa shape index (κ1) is 23.3. The molecule has 31 heavy (non-hydrogen) atoms. The summed E-state index contributed by atoms with van der Waals surface area (Å²) in [6.45, 7) is 12.6. The van der Waals surface area contributed by atoms with Gasteiger partial charge in [-0.2, -0.15) is 0 Å². The Hall–Kier alpha value is -2.41. The second kappa shape index (κ2) is 8.99. The van der Waals surface area contributed by atoms with Gasteiger partial charge in [-0.15, -0.1) is 0 Å². The summed E-state index contributed by atoms with van der Waals surface area (Å²) in [7, 11) is 0. The Bertz CT molecular complexity index is 839. The van der Waals surface area contributed by atoms with E-state index in [0.717, 1.165) is 24.0 Å². The molecule has 0 N–H and O–H groups in total. The minimum Gasteiger partial charge on any atom is -0.461 e. The van der Waals surface area contributed by atoms with Crippen molar-refractivity contribution in [3.63, 3.8) is 0 Å². The fourth-order valence-electron chi connectivity index (χ4n) is 4.68. The molecule has 3 aliphatic rings. The molecule has 6 atom stereocenters. The molecule has 2 aliphatic heterocycles. The fraction of sp³-hybridized carbons (Fsp3) is 0.625. The normalized spacial score (nSPS) is 36.1. The summed E-state index contributed by atoms with van der Waals surface area (Å²) in [6.07, 6.45) is 4.62. The van der Waals surface area contributed by atoms with Crippen LogP contribution in [-0.2, 0) is 33.3 Å². The zero-order chi connectivity index (χ0) is 22.9. The van der Waals surface area contributed by atoms with Crippen LogP contribution in [0, 0.1) is 5.92 Å². The Kier molecular flexibility index (Phi) is 6.74. The quantitative estimate of drug-likeness (QED) is 0.217. The summed E-state index contributed by atoms with van der Waals surface area (Å²) in [4.78, 5) is 35.9. The summed E-state index contributed by atoms with van der Waals surface area (Å²) >= 11 is 0. The van der Waals surface area contributed by atoms with Crippen molar-refractivity contribution >= 4 is 17.9 Å². The minimum absolute atomic E-state index is 0.270. The maximum absolute atomic E-state index is 12.4. The van der Waals surface area contributed by atoms with Crippen LogP contribution in [-0.4, -0.2) is 47.9 Å². The van der Waals surface area contributed by atoms with E-state index in [4.69, 9.17) is 18.9 Å². The predicted octanol–water partition coefficient (Wildman–Crippen LogP) is 3.57. The smallest absolute Gasteiger partial charge is 0.334 e. The molecule has 0 aromatic rings. The third-order valence-corrected chi connectivity index (χ3v) is 6.19. The molecule has 0 radical (unpaired) electrons. The van der Waals surface area contributed by atoms with E-state index in [2.05, 4.69) is 12.7 Å². The van der Waals surface area contributed by atoms with Gasteiger partial charge in [-0.1, -0.05) is 23.8 Å². The van der Waals surface area contributed by atoms with Crippen molar-refractivity contribution in [3.05, 3.63) is 35.5 Å². The van der Waals surface area contributed by atoms with Crippen LogP contribution in [0.2, 0.25) is 0 Å². The van der Waals surface area contributed by atoms with E-state index in [1.54, 1.807) is 0 Å². The Balaban J connectivity index is 1.98. The molecule has 7 nitrogen and oxygen atoms in total. The van der Waals surface area contributed by atoms with Gasteiger partial charge in [0, 0.05) is 32.3 Å². The monoisotopic (exact) mass is 432 g/mol. The highest BCUT2D eigenvalue weighted by Gasteiger charge is 2.63. The first-order valence-corrected chi connectivity index (χ1v) is 10.7. The van der Waals surface area contributed by atoms with Gasteiger partial charge in [-0.05, 0) is 39.7 Å². The van der Waals surface area contributed by atoms with E-state index in [9.17, 15) is 14.4 Å². The first-order valence-electron chi connectivity index (χ1n) is 10.7. The second-order valence-corrected chi connectivity index (χ2v) is 9.08. The molecule has 0 bridgehead atoms. The lowest BCUT2D eigenvalue weighted by atomic mass is 9.83. The maximum Gasteiger partial charge on any atom is 0.334 e. The van der Waals surface area contributed by atoms with Gasteiger partial charge in [0.15, 0.2) is 0 Å². The molecule has 2 fully saturated rings. The summed E-state index contributed by atoms with van der Waals surface area (Å²) in [5.74, 6) is -1.78. The number of allylic oxidation sites excluding steroid dienone is 1. The molecule has 2 saturated heterocycles. The Morgan fingerprint density at radius 2 is 1.81 bits per heavy atom. The lowest BCUT2D eigenvalue weighted by Crippen LogP contribution is -2.38. The average molecular weight is 433 g/mol. The van der Waals surface area contributed by atoms with Gasteiger partial charge in [0.05, 0.1) is 11.5 Å². The fourth-order valence-corrected chi connectivity index (χ4v) is 4.68. The molecular formula is C24H32O7. The van der Waals surface area contributed by atoms with Crippen LogP contribution in [0.1, 0.15) is 60.3 Å². The van der Waals surface area contributed by atoms with Crippen molar-refractivity contribution in [1.29, 1.82) is 0 Å². The lowest BCUT2D eigenvalue weighted by Gasteiger charge is -2.27. The van der Waals surface area contributed by atoms with Gasteiger partial charge in [0.1, 0.15) is 24.4 Å². The van der Waals surface area contributed by atoms with Crippen LogP contribution in [0.5, 0.6) is 0 Å². The highest BCUT2D eigenvalue weighted by atomic mass is 16.6. The van der Waals surface area contributed by atoms with Crippen LogP contribution in [0.4, 0.5) is 0 Å². The second-order valence-electron chi connectivity index (χ2n) is 9.08. The Morgan fingerprint density at radius 3 is 2.45 bits per heavy atom. The van der Waals surface area contributed by atoms with Gasteiger partial charge < -0.3 is 18.9 Å². The number of epoxide rings is 1. The molecule has 2 heterocycles. The number of carbonyl (C=O) groups excluding carboxylic acids is 3. The van der Waals surface area contributed by atoms with Crippen LogP contribution in [0.25, 0.3) is 0 Å². The molecule has 170 valence electrons. The maximum atomic E-state index is 12.4. The minimum atomic E-state index is -0.635. The van der Waals surface area contributed by atoms with Crippen molar-refractivity contribution in [2.45, 2.75) is 90.3 Å². The number of ether oxygens (including phenoxy) is 4. The standard InChI is InChI=1S/C24H32O7/c1-13-8-7-9-24(6)22(31-24)21-20(15(3)23(27)30-21)19(29-17(5)26)12-14(2)11-18(10-13)28-16(4)25/h8,11,18-22H,3,7,9-10,12H2,1-2,4-6H3/t18-,19-,20-,21+,22+,24+/m0/s1. The van der Waals surface area contributed by atoms with Gasteiger partial charge in [0.2, 0.25) is 0 Å². The number of rotatable bonds is 2. The molecule has 0 saturated carbocycles. The van der Waals surface area contributed by atoms with Crippen molar-refractivity contribution < 1.29 is 33.3 Å². The third kappa shape index (κ3) is 5.45. The Labute approximate surface area is 183 Å². The molecule has 0 spiro atoms. The number of hydrogen-bond acceptors (Lipinski definition) is 7. The molecule has 0 unspecified atom stereocenters. The van der Waals surface area contributed by atoms with Crippen molar-refractivity contribution in [1.82, 2.24) is 0 Å². The van der Waals surface area contributed by atoms with Gasteiger partial charge >= 0.3 is 17.9 Å². The van der Waals surface area contributed by atoms with Crippen molar-refractivity contribution in [2.75, 3.05) is 0 Å². The molecule has 3 rings (SSSR count). The topological polar surface area (TPSA) is 91.4 Å². The lowest BCUT2D eigenvalue weighted by molar-refractivity contribution is -0.150. The summed E-state index contributed by atoms with van der Waals surface area (Å²) in [6, 6.07) is 0. The van der Waals surface area contributed by atoms with E-state index in [1.165, 1.54) is 13.8 Å². The van der Waals surface area contributed by atoms with E-state index < -0.39 is 41.8 Å². The molecule has 7 heteroatoms. The molecule has 0 aromatic heterocycles. The number of hydrogen-bond donors (Lipinski definition) is 0. The van der Waals surface area contributed by atoms with E-state index in [1.807, 2.05) is 26.8 Å². The molecule has 0 amide bonds. The molecule has 1 aliphatic carbocycles. The highest BCUT2D eigenvalue weighted by Crippen LogP contribution is 2.49. The van der Waals surface area contributed by atoms with Crippen molar-refractivity contribution in [2.24, 2.45) is 5.92 Å². The molecular weight excluding hydrogens is 400 g/mol. The summed E-state index contributed by atoms with van der Waals surface area (Å²) in [5.41, 5.74) is 1.87. The molecule has 0 aromatic carbocycles. The van der Waals surface area contributed by atoms with Crippen LogP contribution < -0.4 is 0 Å². The number of fused-ring (bicyclic) bond motifs is 3. The van der Waals surface area contributed by atoms with Gasteiger partial charge in [0.25, 0.3) is 0 Å². The number of carbonyl (C=O) groups is 3. The summed E-state index contributed by atoms with van der Waals surface area (Å²) < 4.78 is 22.8. The Morgan fingerprint density at radius 1 is 1.13 bits per heavy atom. The summed E-state index contributed by atoms with van der Waals surface area (Å²) in [5, 5.41) is 0. The van der Waals surface area contributed by atoms with Crippen LogP contribution in [0.15, 0.2) is 35.5 Å². The number of esters is 3. The average Bonchev–Trinajstić information content (AvgIpc) is 3.20. The van der Waals surface area contributed by atoms with Crippen LogP contribution >= 0.6 is 0 Å². The zero-order valence-electron chi connectivity index (χ0n) is 18.9. The van der Waals surface area contributed by atoms with Crippen LogP contribution in [0.3, 0.4) is 0 Å². The van der Waals surface area contributed by atoms with Gasteiger partial charge in [-0.25, -0.2) is 4.79 Å². The van der Waals surface area contributed by atoms with E-state index >= 15 is 0 Å². The van der Waals surface area contributed by atoms with E-state index in [0.29, 0.717) is 18.4 Å². The zero-order valence-corrected chi connectivity index (χ0v) is 18.9.